The summed E-state index contributed by atoms with van der Waals surface area (Å²) in [7, 11) is -3.64. The Morgan fingerprint density at radius 3 is 2.35 bits per heavy atom. The summed E-state index contributed by atoms with van der Waals surface area (Å²) in [6, 6.07) is 0. The third kappa shape index (κ3) is 5.14. The van der Waals surface area contributed by atoms with E-state index < -0.39 is 39.6 Å². The highest BCUT2D eigenvalue weighted by Gasteiger charge is 2.23. The Bertz CT molecular complexity index is 384. The summed E-state index contributed by atoms with van der Waals surface area (Å²) in [6.45, 7) is 1.57. The molecular weight excluding hydrogens is 250 g/mol. The first-order valence-electron chi connectivity index (χ1n) is 5.18. The lowest BCUT2D eigenvalue weighted by atomic mass is 10.4. The van der Waals surface area contributed by atoms with Crippen molar-refractivity contribution in [2.24, 2.45) is 0 Å². The Hall–Kier alpha value is -1.15. The number of hydrogen-bond acceptors (Lipinski definition) is 5. The summed E-state index contributed by atoms with van der Waals surface area (Å²) < 4.78 is 27.9. The predicted molar refractivity (Wildman–Crippen MR) is 58.3 cm³/mol. The van der Waals surface area contributed by atoms with Crippen LogP contribution in [0.25, 0.3) is 0 Å². The summed E-state index contributed by atoms with van der Waals surface area (Å²) in [6.07, 6.45) is -0.473. The maximum absolute atomic E-state index is 11.6. The number of morpholine rings is 1. The van der Waals surface area contributed by atoms with E-state index in [0.29, 0.717) is 26.3 Å². The number of carbonyl (C=O) groups excluding carboxylic acids is 1. The van der Waals surface area contributed by atoms with Gasteiger partial charge >= 0.3 is 5.97 Å². The summed E-state index contributed by atoms with van der Waals surface area (Å²) in [5.41, 5.74) is 0. The molecule has 0 unspecified atom stereocenters. The lowest BCUT2D eigenvalue weighted by Gasteiger charge is -2.26. The van der Waals surface area contributed by atoms with Crippen LogP contribution in [-0.2, 0) is 24.2 Å². The Morgan fingerprint density at radius 1 is 1.24 bits per heavy atom. The van der Waals surface area contributed by atoms with Crippen LogP contribution in [-0.4, -0.2) is 68.1 Å². The van der Waals surface area contributed by atoms with E-state index in [1.807, 2.05) is 0 Å². The van der Waals surface area contributed by atoms with Crippen molar-refractivity contribution in [3.63, 3.8) is 0 Å². The average molecular weight is 265 g/mol. The highest BCUT2D eigenvalue weighted by Crippen LogP contribution is 2.02. The molecule has 1 amide bonds. The molecule has 0 aromatic heterocycles. The van der Waals surface area contributed by atoms with E-state index in [1.165, 1.54) is 4.90 Å². The number of aliphatic carboxylic acids is 1. The minimum absolute atomic E-state index is 0.382. The van der Waals surface area contributed by atoms with Gasteiger partial charge in [0.05, 0.1) is 25.4 Å². The van der Waals surface area contributed by atoms with Gasteiger partial charge in [0.15, 0.2) is 9.84 Å². The Morgan fingerprint density at radius 2 is 1.82 bits per heavy atom. The maximum atomic E-state index is 11.6. The van der Waals surface area contributed by atoms with Gasteiger partial charge < -0.3 is 14.7 Å². The van der Waals surface area contributed by atoms with Crippen LogP contribution < -0.4 is 0 Å². The van der Waals surface area contributed by atoms with Gasteiger partial charge in [-0.1, -0.05) is 0 Å². The molecule has 98 valence electrons. The van der Waals surface area contributed by atoms with E-state index in [9.17, 15) is 18.0 Å². The number of carboxylic acids is 1. The van der Waals surface area contributed by atoms with Crippen LogP contribution in [0, 0.1) is 0 Å². The zero-order chi connectivity index (χ0) is 12.9. The van der Waals surface area contributed by atoms with Gasteiger partial charge in [-0.2, -0.15) is 0 Å². The van der Waals surface area contributed by atoms with Gasteiger partial charge in [0, 0.05) is 13.1 Å². The fourth-order valence-electron chi connectivity index (χ4n) is 1.41. The van der Waals surface area contributed by atoms with Crippen LogP contribution in [0.2, 0.25) is 0 Å². The molecule has 7 nitrogen and oxygen atoms in total. The first kappa shape index (κ1) is 13.9. The summed E-state index contributed by atoms with van der Waals surface area (Å²) in [4.78, 5) is 23.3. The second-order valence-corrected chi connectivity index (χ2v) is 5.91. The van der Waals surface area contributed by atoms with Gasteiger partial charge in [0.2, 0.25) is 5.91 Å². The third-order valence-corrected chi connectivity index (χ3v) is 3.85. The van der Waals surface area contributed by atoms with Gasteiger partial charge in [-0.15, -0.1) is 0 Å². The lowest BCUT2D eigenvalue weighted by molar-refractivity contribution is -0.136. The second kappa shape index (κ2) is 5.97. The van der Waals surface area contributed by atoms with Gasteiger partial charge in [-0.3, -0.25) is 9.59 Å². The van der Waals surface area contributed by atoms with Crippen molar-refractivity contribution in [3.05, 3.63) is 0 Å². The van der Waals surface area contributed by atoms with Gasteiger partial charge in [0.1, 0.15) is 5.75 Å². The molecular formula is C9H15NO6S. The SMILES string of the molecule is O=C(O)CCS(=O)(=O)CC(=O)N1CCOCC1. The number of rotatable bonds is 5. The Kier molecular flexibility index (Phi) is 4.88. The summed E-state index contributed by atoms with van der Waals surface area (Å²) in [5.74, 6) is -2.80. The molecule has 1 saturated heterocycles. The number of carboxylic acid groups (broad SMARTS) is 1. The normalized spacial score (nSPS) is 16.8. The Balaban J connectivity index is 2.45. The molecule has 0 atom stereocenters. The van der Waals surface area contributed by atoms with E-state index in [4.69, 9.17) is 9.84 Å². The predicted octanol–water partition coefficient (Wildman–Crippen LogP) is -1.27. The number of ether oxygens (including phenoxy) is 1. The van der Waals surface area contributed by atoms with Crippen molar-refractivity contribution in [1.82, 2.24) is 4.90 Å². The molecule has 0 saturated carbocycles. The van der Waals surface area contributed by atoms with Gasteiger partial charge in [-0.05, 0) is 0 Å². The monoisotopic (exact) mass is 265 g/mol. The standard InChI is InChI=1S/C9H15NO6S/c11-8(10-2-4-16-5-3-10)7-17(14,15)6-1-9(12)13/h1-7H2,(H,12,13). The van der Waals surface area contributed by atoms with E-state index in [-0.39, 0.29) is 0 Å². The third-order valence-electron chi connectivity index (χ3n) is 2.33. The largest absolute Gasteiger partial charge is 0.481 e. The number of nitrogens with zero attached hydrogens (tertiary/aromatic N) is 1. The average Bonchev–Trinajstić information content (AvgIpc) is 2.27. The van der Waals surface area contributed by atoms with Crippen molar-refractivity contribution < 1.29 is 27.9 Å². The number of hydrogen-bond donors (Lipinski definition) is 1. The van der Waals surface area contributed by atoms with E-state index in [2.05, 4.69) is 0 Å². The number of sulfone groups is 1. The minimum atomic E-state index is -3.64. The minimum Gasteiger partial charge on any atom is -0.481 e. The van der Waals surface area contributed by atoms with E-state index in [0.717, 1.165) is 0 Å². The fraction of sp³-hybridized carbons (Fsp3) is 0.778. The molecule has 1 rings (SSSR count). The summed E-state index contributed by atoms with van der Waals surface area (Å²) in [5, 5.41) is 8.38. The molecule has 0 radical (unpaired) electrons. The van der Waals surface area contributed by atoms with Crippen LogP contribution in [0.1, 0.15) is 6.42 Å². The van der Waals surface area contributed by atoms with Crippen molar-refractivity contribution in [2.45, 2.75) is 6.42 Å². The van der Waals surface area contributed by atoms with Crippen molar-refractivity contribution in [2.75, 3.05) is 37.8 Å². The quantitative estimate of drug-likeness (QED) is 0.665. The van der Waals surface area contributed by atoms with Gasteiger partial charge in [0.25, 0.3) is 0 Å². The van der Waals surface area contributed by atoms with E-state index in [1.54, 1.807) is 0 Å². The topological polar surface area (TPSA) is 101 Å². The van der Waals surface area contributed by atoms with Crippen LogP contribution in [0.4, 0.5) is 0 Å². The van der Waals surface area contributed by atoms with E-state index >= 15 is 0 Å². The molecule has 0 spiro atoms. The zero-order valence-electron chi connectivity index (χ0n) is 9.29. The van der Waals surface area contributed by atoms with Gasteiger partial charge in [-0.25, -0.2) is 8.42 Å². The Labute approximate surface area is 99.3 Å². The summed E-state index contributed by atoms with van der Waals surface area (Å²) >= 11 is 0. The van der Waals surface area contributed by atoms with Crippen LogP contribution >= 0.6 is 0 Å². The smallest absolute Gasteiger partial charge is 0.304 e. The molecule has 1 fully saturated rings. The number of amides is 1. The van der Waals surface area contributed by atoms with Crippen LogP contribution in [0.15, 0.2) is 0 Å². The first-order valence-corrected chi connectivity index (χ1v) is 7.00. The molecule has 1 aliphatic rings. The lowest BCUT2D eigenvalue weighted by Crippen LogP contribution is -2.43. The first-order chi connectivity index (χ1) is 7.91. The van der Waals surface area contributed by atoms with Crippen LogP contribution in [0.5, 0.6) is 0 Å². The van der Waals surface area contributed by atoms with Crippen molar-refractivity contribution in [3.8, 4) is 0 Å². The van der Waals surface area contributed by atoms with Crippen molar-refractivity contribution in [1.29, 1.82) is 0 Å². The zero-order valence-corrected chi connectivity index (χ0v) is 10.1. The molecule has 1 heterocycles. The fourth-order valence-corrected chi connectivity index (χ4v) is 2.60. The molecule has 8 heteroatoms. The molecule has 0 aromatic carbocycles. The molecule has 0 aliphatic carbocycles. The molecule has 0 bridgehead atoms. The number of carbonyl (C=O) groups is 2. The molecule has 1 N–H and O–H groups in total. The maximum Gasteiger partial charge on any atom is 0.304 e. The second-order valence-electron chi connectivity index (χ2n) is 3.73. The highest BCUT2D eigenvalue weighted by molar-refractivity contribution is 7.92. The highest BCUT2D eigenvalue weighted by atomic mass is 32.2. The molecule has 0 aromatic rings. The molecule has 1 aliphatic heterocycles. The van der Waals surface area contributed by atoms with Crippen molar-refractivity contribution >= 4 is 21.7 Å². The molecule has 17 heavy (non-hydrogen) atoms. The van der Waals surface area contributed by atoms with Crippen LogP contribution in [0.3, 0.4) is 0 Å².